The Morgan fingerprint density at radius 1 is 1.38 bits per heavy atom. The van der Waals surface area contributed by atoms with Crippen molar-refractivity contribution >= 4 is 23.0 Å². The summed E-state index contributed by atoms with van der Waals surface area (Å²) in [6, 6.07) is 8.83. The molecule has 2 aromatic rings. The van der Waals surface area contributed by atoms with Crippen molar-refractivity contribution in [1.82, 2.24) is 4.98 Å². The zero-order valence-electron chi connectivity index (χ0n) is 11.3. The molecular weight excluding hydrogens is 290 g/mol. The molecule has 0 N–H and O–H groups in total. The van der Waals surface area contributed by atoms with Crippen LogP contribution in [0.1, 0.15) is 24.4 Å². The van der Waals surface area contributed by atoms with Crippen molar-refractivity contribution in [2.75, 3.05) is 11.4 Å². The number of nitro groups is 1. The molecule has 2 heterocycles. The summed E-state index contributed by atoms with van der Waals surface area (Å²) >= 11 is 6.24. The van der Waals surface area contributed by atoms with Crippen LogP contribution in [0, 0.1) is 10.1 Å². The van der Waals surface area contributed by atoms with Gasteiger partial charge in [-0.25, -0.2) is 0 Å². The van der Waals surface area contributed by atoms with Gasteiger partial charge in [-0.15, -0.1) is 0 Å². The third-order valence-electron chi connectivity index (χ3n) is 3.77. The van der Waals surface area contributed by atoms with Crippen LogP contribution in [-0.2, 0) is 0 Å². The number of nitro benzene ring substituents is 1. The Kier molecular flexibility index (Phi) is 3.75. The van der Waals surface area contributed by atoms with Crippen LogP contribution in [0.2, 0.25) is 5.02 Å². The van der Waals surface area contributed by atoms with Gasteiger partial charge in [-0.1, -0.05) is 17.7 Å². The van der Waals surface area contributed by atoms with Crippen LogP contribution in [-0.4, -0.2) is 16.5 Å². The Morgan fingerprint density at radius 2 is 2.24 bits per heavy atom. The highest BCUT2D eigenvalue weighted by atomic mass is 35.5. The van der Waals surface area contributed by atoms with Gasteiger partial charge in [0.05, 0.1) is 21.7 Å². The number of rotatable bonds is 3. The third-order valence-corrected chi connectivity index (χ3v) is 4.08. The normalized spacial score (nSPS) is 18.0. The van der Waals surface area contributed by atoms with E-state index in [4.69, 9.17) is 11.6 Å². The molecule has 0 bridgehead atoms. The second-order valence-corrected chi connectivity index (χ2v) is 5.44. The van der Waals surface area contributed by atoms with E-state index in [0.717, 1.165) is 30.6 Å². The number of hydrogen-bond acceptors (Lipinski definition) is 4. The smallest absolute Gasteiger partial charge is 0.271 e. The Balaban J connectivity index is 1.94. The Morgan fingerprint density at radius 3 is 2.90 bits per heavy atom. The fraction of sp³-hybridized carbons (Fsp3) is 0.267. The predicted molar refractivity (Wildman–Crippen MR) is 81.7 cm³/mol. The molecule has 1 aromatic heterocycles. The molecule has 0 saturated carbocycles. The summed E-state index contributed by atoms with van der Waals surface area (Å²) in [6.45, 7) is 0.886. The number of pyridine rings is 1. The summed E-state index contributed by atoms with van der Waals surface area (Å²) < 4.78 is 0. The van der Waals surface area contributed by atoms with Crippen molar-refractivity contribution in [3.8, 4) is 0 Å². The molecule has 1 aliphatic rings. The summed E-state index contributed by atoms with van der Waals surface area (Å²) in [4.78, 5) is 16.7. The highest BCUT2D eigenvalue weighted by Crippen LogP contribution is 2.40. The van der Waals surface area contributed by atoms with Crippen LogP contribution in [0.15, 0.2) is 42.7 Å². The highest BCUT2D eigenvalue weighted by Gasteiger charge is 2.28. The second kappa shape index (κ2) is 5.69. The summed E-state index contributed by atoms with van der Waals surface area (Å²) in [7, 11) is 0. The van der Waals surface area contributed by atoms with Gasteiger partial charge < -0.3 is 4.90 Å². The molecule has 1 aliphatic heterocycles. The lowest BCUT2D eigenvalue weighted by atomic mass is 10.1. The predicted octanol–water partition coefficient (Wildman–Crippen LogP) is 3.98. The topological polar surface area (TPSA) is 59.3 Å². The van der Waals surface area contributed by atoms with Gasteiger partial charge in [0, 0.05) is 31.1 Å². The summed E-state index contributed by atoms with van der Waals surface area (Å²) in [5, 5.41) is 11.2. The Bertz CT molecular complexity index is 663. The SMILES string of the molecule is O=[N+]([O-])c1ccc(N2CCCC2c2cccnc2)c(Cl)c1. The molecule has 1 saturated heterocycles. The number of aromatic nitrogens is 1. The quantitative estimate of drug-likeness (QED) is 0.635. The van der Waals surface area contributed by atoms with Gasteiger partial charge in [-0.3, -0.25) is 15.1 Å². The van der Waals surface area contributed by atoms with Crippen molar-refractivity contribution in [3.63, 3.8) is 0 Å². The van der Waals surface area contributed by atoms with Gasteiger partial charge in [0.25, 0.3) is 5.69 Å². The van der Waals surface area contributed by atoms with Crippen molar-refractivity contribution in [2.45, 2.75) is 18.9 Å². The maximum atomic E-state index is 10.8. The molecule has 1 aromatic carbocycles. The fourth-order valence-electron chi connectivity index (χ4n) is 2.82. The van der Waals surface area contributed by atoms with Crippen molar-refractivity contribution < 1.29 is 4.92 Å². The molecular formula is C15H14ClN3O2. The van der Waals surface area contributed by atoms with E-state index in [0.29, 0.717) is 5.02 Å². The number of halogens is 1. The number of non-ortho nitro benzene ring substituents is 1. The molecule has 21 heavy (non-hydrogen) atoms. The highest BCUT2D eigenvalue weighted by molar-refractivity contribution is 6.33. The molecule has 0 radical (unpaired) electrons. The van der Waals surface area contributed by atoms with Crippen LogP contribution >= 0.6 is 11.6 Å². The largest absolute Gasteiger partial charge is 0.363 e. The van der Waals surface area contributed by atoms with E-state index in [1.165, 1.54) is 12.1 Å². The summed E-state index contributed by atoms with van der Waals surface area (Å²) in [6.07, 6.45) is 5.70. The third kappa shape index (κ3) is 2.69. The zero-order valence-corrected chi connectivity index (χ0v) is 12.0. The first-order chi connectivity index (χ1) is 10.2. The van der Waals surface area contributed by atoms with Crippen molar-refractivity contribution in [2.24, 2.45) is 0 Å². The molecule has 6 heteroatoms. The van der Waals surface area contributed by atoms with Gasteiger partial charge in [0.2, 0.25) is 0 Å². The standard InChI is InChI=1S/C15H14ClN3O2/c16-13-9-12(19(20)21)5-6-15(13)18-8-2-4-14(18)11-3-1-7-17-10-11/h1,3,5-7,9-10,14H,2,4,8H2. The zero-order chi connectivity index (χ0) is 14.8. The number of hydrogen-bond donors (Lipinski definition) is 0. The number of benzene rings is 1. The minimum absolute atomic E-state index is 0.0147. The fourth-order valence-corrected chi connectivity index (χ4v) is 3.10. The van der Waals surface area contributed by atoms with E-state index < -0.39 is 4.92 Å². The lowest BCUT2D eigenvalue weighted by Crippen LogP contribution is -2.22. The Labute approximate surface area is 127 Å². The van der Waals surface area contributed by atoms with Crippen LogP contribution in [0.3, 0.4) is 0 Å². The van der Waals surface area contributed by atoms with E-state index in [-0.39, 0.29) is 11.7 Å². The van der Waals surface area contributed by atoms with Gasteiger partial charge in [-0.2, -0.15) is 0 Å². The van der Waals surface area contributed by atoms with Gasteiger partial charge in [0.1, 0.15) is 0 Å². The van der Waals surface area contributed by atoms with Gasteiger partial charge >= 0.3 is 0 Å². The van der Waals surface area contributed by atoms with Crippen LogP contribution < -0.4 is 4.90 Å². The summed E-state index contributed by atoms with van der Waals surface area (Å²) in [5.41, 5.74) is 2.00. The van der Waals surface area contributed by atoms with Crippen LogP contribution in [0.5, 0.6) is 0 Å². The number of nitrogens with zero attached hydrogens (tertiary/aromatic N) is 3. The monoisotopic (exact) mass is 303 g/mol. The molecule has 1 unspecified atom stereocenters. The van der Waals surface area contributed by atoms with Crippen LogP contribution in [0.4, 0.5) is 11.4 Å². The Hall–Kier alpha value is -2.14. The van der Waals surface area contributed by atoms with E-state index in [1.807, 2.05) is 12.3 Å². The maximum absolute atomic E-state index is 10.8. The molecule has 0 spiro atoms. The van der Waals surface area contributed by atoms with Crippen molar-refractivity contribution in [3.05, 3.63) is 63.4 Å². The lowest BCUT2D eigenvalue weighted by molar-refractivity contribution is -0.384. The maximum Gasteiger partial charge on any atom is 0.271 e. The average Bonchev–Trinajstić information content (AvgIpc) is 2.97. The first-order valence-electron chi connectivity index (χ1n) is 6.77. The number of anilines is 1. The molecule has 0 aliphatic carbocycles. The molecule has 3 rings (SSSR count). The second-order valence-electron chi connectivity index (χ2n) is 5.03. The van der Waals surface area contributed by atoms with Crippen molar-refractivity contribution in [1.29, 1.82) is 0 Å². The van der Waals surface area contributed by atoms with E-state index in [1.54, 1.807) is 12.3 Å². The van der Waals surface area contributed by atoms with E-state index in [2.05, 4.69) is 16.0 Å². The lowest BCUT2D eigenvalue weighted by Gasteiger charge is -2.27. The van der Waals surface area contributed by atoms with E-state index >= 15 is 0 Å². The minimum Gasteiger partial charge on any atom is -0.363 e. The molecule has 0 amide bonds. The van der Waals surface area contributed by atoms with Crippen LogP contribution in [0.25, 0.3) is 0 Å². The average molecular weight is 304 g/mol. The molecule has 108 valence electrons. The minimum atomic E-state index is -0.432. The first kappa shape index (κ1) is 13.8. The van der Waals surface area contributed by atoms with Gasteiger partial charge in [0.15, 0.2) is 0 Å². The molecule has 5 nitrogen and oxygen atoms in total. The first-order valence-corrected chi connectivity index (χ1v) is 7.15. The van der Waals surface area contributed by atoms with E-state index in [9.17, 15) is 10.1 Å². The molecule has 1 fully saturated rings. The van der Waals surface area contributed by atoms with Gasteiger partial charge in [-0.05, 0) is 30.5 Å². The summed E-state index contributed by atoms with van der Waals surface area (Å²) in [5.74, 6) is 0. The molecule has 1 atom stereocenters.